The number of carbonyl (C=O) groups excluding carboxylic acids is 1. The van der Waals surface area contributed by atoms with Crippen LogP contribution in [0.15, 0.2) is 42.9 Å². The summed E-state index contributed by atoms with van der Waals surface area (Å²) in [6.07, 6.45) is 6.51. The quantitative estimate of drug-likeness (QED) is 0.781. The van der Waals surface area contributed by atoms with Crippen LogP contribution >= 0.6 is 11.6 Å². The molecule has 1 fully saturated rings. The van der Waals surface area contributed by atoms with E-state index in [1.165, 1.54) is 12.4 Å². The molecule has 3 heterocycles. The van der Waals surface area contributed by atoms with E-state index in [2.05, 4.69) is 15.0 Å². The number of carbonyl (C=O) groups is 1. The van der Waals surface area contributed by atoms with E-state index in [9.17, 15) is 4.79 Å². The molecule has 1 aromatic carbocycles. The second-order valence-electron chi connectivity index (χ2n) is 6.10. The lowest BCUT2D eigenvalue weighted by Crippen LogP contribution is -2.44. The fraction of sp³-hybridized carbons (Fsp3) is 0.278. The number of fused-ring (bicyclic) bond motifs is 1. The summed E-state index contributed by atoms with van der Waals surface area (Å²) in [5.41, 5.74) is 1.64. The summed E-state index contributed by atoms with van der Waals surface area (Å²) in [6.45, 7) is 1.25. The van der Waals surface area contributed by atoms with Gasteiger partial charge in [0.25, 0.3) is 5.91 Å². The maximum absolute atomic E-state index is 12.8. The van der Waals surface area contributed by atoms with E-state index in [0.717, 1.165) is 30.3 Å². The molecule has 25 heavy (non-hydrogen) atoms. The van der Waals surface area contributed by atoms with Crippen molar-refractivity contribution in [3.63, 3.8) is 0 Å². The molecule has 0 saturated carbocycles. The number of H-pyrrole nitrogens is 1. The second-order valence-corrected chi connectivity index (χ2v) is 6.53. The van der Waals surface area contributed by atoms with Crippen molar-refractivity contribution in [1.29, 1.82) is 0 Å². The van der Waals surface area contributed by atoms with Gasteiger partial charge in [-0.05, 0) is 36.4 Å². The first kappa shape index (κ1) is 15.9. The van der Waals surface area contributed by atoms with E-state index in [0.29, 0.717) is 17.1 Å². The monoisotopic (exact) mass is 356 g/mol. The third kappa shape index (κ3) is 3.44. The fourth-order valence-electron chi connectivity index (χ4n) is 3.09. The Hall–Kier alpha value is -2.60. The number of nitrogens with zero attached hydrogens (tertiary/aromatic N) is 3. The van der Waals surface area contributed by atoms with Crippen molar-refractivity contribution in [2.75, 3.05) is 13.1 Å². The Balaban J connectivity index is 1.46. The standard InChI is InChI=1S/C18H17ClN4O2/c19-14-9-21-18(22-10-14)25-15-2-1-7-23(11-15)17(24)13-4-3-12-5-6-20-16(12)8-13/h3-6,8-10,15,20H,1-2,7,11H2. The number of aromatic amines is 1. The zero-order valence-electron chi connectivity index (χ0n) is 13.5. The topological polar surface area (TPSA) is 71.1 Å². The van der Waals surface area contributed by atoms with Gasteiger partial charge < -0.3 is 14.6 Å². The molecule has 128 valence electrons. The Morgan fingerprint density at radius 1 is 1.28 bits per heavy atom. The molecule has 6 nitrogen and oxygen atoms in total. The van der Waals surface area contributed by atoms with Gasteiger partial charge in [0.15, 0.2) is 0 Å². The highest BCUT2D eigenvalue weighted by Gasteiger charge is 2.26. The first-order valence-corrected chi connectivity index (χ1v) is 8.57. The predicted octanol–water partition coefficient (Wildman–Crippen LogP) is 3.29. The molecule has 3 aromatic rings. The second kappa shape index (κ2) is 6.72. The first-order chi connectivity index (χ1) is 12.2. The summed E-state index contributed by atoms with van der Waals surface area (Å²) in [5.74, 6) is 0.0156. The van der Waals surface area contributed by atoms with Crippen LogP contribution in [-0.4, -0.2) is 45.0 Å². The van der Waals surface area contributed by atoms with Crippen molar-refractivity contribution in [1.82, 2.24) is 19.9 Å². The van der Waals surface area contributed by atoms with Crippen LogP contribution in [0.5, 0.6) is 6.01 Å². The summed E-state index contributed by atoms with van der Waals surface area (Å²) in [4.78, 5) is 25.9. The number of likely N-dealkylation sites (tertiary alicyclic amines) is 1. The van der Waals surface area contributed by atoms with E-state index in [-0.39, 0.29) is 18.0 Å². The molecule has 1 unspecified atom stereocenters. The first-order valence-electron chi connectivity index (χ1n) is 8.20. The van der Waals surface area contributed by atoms with Gasteiger partial charge in [-0.3, -0.25) is 4.79 Å². The number of benzene rings is 1. The molecule has 1 aliphatic heterocycles. The number of amides is 1. The van der Waals surface area contributed by atoms with Gasteiger partial charge >= 0.3 is 6.01 Å². The Bertz CT molecular complexity index is 893. The van der Waals surface area contributed by atoms with Crippen LogP contribution < -0.4 is 4.74 Å². The number of ether oxygens (including phenoxy) is 1. The lowest BCUT2D eigenvalue weighted by Gasteiger charge is -2.32. The van der Waals surface area contributed by atoms with Gasteiger partial charge in [0, 0.05) is 23.8 Å². The van der Waals surface area contributed by atoms with E-state index in [1.54, 1.807) is 0 Å². The van der Waals surface area contributed by atoms with Crippen molar-refractivity contribution in [3.8, 4) is 6.01 Å². The molecular weight excluding hydrogens is 340 g/mol. The molecule has 0 spiro atoms. The van der Waals surface area contributed by atoms with Crippen LogP contribution in [0.3, 0.4) is 0 Å². The molecule has 2 aromatic heterocycles. The number of aromatic nitrogens is 3. The Morgan fingerprint density at radius 2 is 2.12 bits per heavy atom. The highest BCUT2D eigenvalue weighted by molar-refractivity contribution is 6.30. The number of halogens is 1. The van der Waals surface area contributed by atoms with E-state index in [1.807, 2.05) is 35.4 Å². The molecular formula is C18H17ClN4O2. The minimum atomic E-state index is -0.118. The van der Waals surface area contributed by atoms with Gasteiger partial charge in [0.2, 0.25) is 0 Å². The summed E-state index contributed by atoms with van der Waals surface area (Å²) in [6, 6.07) is 7.99. The van der Waals surface area contributed by atoms with Crippen LogP contribution in [0, 0.1) is 0 Å². The Kier molecular flexibility index (Phi) is 4.28. The van der Waals surface area contributed by atoms with Crippen molar-refractivity contribution in [2.45, 2.75) is 18.9 Å². The average Bonchev–Trinajstić information content (AvgIpc) is 3.11. The molecule has 0 radical (unpaired) electrons. The van der Waals surface area contributed by atoms with Gasteiger partial charge in [-0.15, -0.1) is 0 Å². The summed E-state index contributed by atoms with van der Waals surface area (Å²) in [5, 5.41) is 1.56. The molecule has 1 atom stereocenters. The molecule has 0 bridgehead atoms. The maximum atomic E-state index is 12.8. The van der Waals surface area contributed by atoms with Crippen molar-refractivity contribution >= 4 is 28.4 Å². The number of nitrogens with one attached hydrogen (secondary N) is 1. The van der Waals surface area contributed by atoms with Crippen molar-refractivity contribution in [2.24, 2.45) is 0 Å². The molecule has 7 heteroatoms. The normalized spacial score (nSPS) is 17.6. The van der Waals surface area contributed by atoms with Crippen LogP contribution in [0.25, 0.3) is 10.9 Å². The molecule has 1 N–H and O–H groups in total. The van der Waals surface area contributed by atoms with E-state index < -0.39 is 0 Å². The number of rotatable bonds is 3. The van der Waals surface area contributed by atoms with Crippen LogP contribution in [-0.2, 0) is 0 Å². The third-order valence-corrected chi connectivity index (χ3v) is 4.53. The lowest BCUT2D eigenvalue weighted by molar-refractivity contribution is 0.0516. The third-order valence-electron chi connectivity index (χ3n) is 4.34. The zero-order chi connectivity index (χ0) is 17.2. The zero-order valence-corrected chi connectivity index (χ0v) is 14.2. The average molecular weight is 357 g/mol. The molecule has 1 amide bonds. The lowest BCUT2D eigenvalue weighted by atomic mass is 10.1. The number of hydrogen-bond acceptors (Lipinski definition) is 4. The Morgan fingerprint density at radius 3 is 2.96 bits per heavy atom. The highest BCUT2D eigenvalue weighted by atomic mass is 35.5. The minimum Gasteiger partial charge on any atom is -0.458 e. The van der Waals surface area contributed by atoms with E-state index in [4.69, 9.17) is 16.3 Å². The highest BCUT2D eigenvalue weighted by Crippen LogP contribution is 2.20. The van der Waals surface area contributed by atoms with Gasteiger partial charge in [-0.1, -0.05) is 17.7 Å². The summed E-state index contributed by atoms with van der Waals surface area (Å²) in [7, 11) is 0. The number of hydrogen-bond donors (Lipinski definition) is 1. The summed E-state index contributed by atoms with van der Waals surface area (Å²) < 4.78 is 5.80. The fourth-order valence-corrected chi connectivity index (χ4v) is 3.19. The van der Waals surface area contributed by atoms with Crippen LogP contribution in [0.1, 0.15) is 23.2 Å². The van der Waals surface area contributed by atoms with Crippen molar-refractivity contribution in [3.05, 3.63) is 53.4 Å². The van der Waals surface area contributed by atoms with Gasteiger partial charge in [-0.25, -0.2) is 9.97 Å². The largest absolute Gasteiger partial charge is 0.458 e. The van der Waals surface area contributed by atoms with Crippen LogP contribution in [0.2, 0.25) is 5.02 Å². The van der Waals surface area contributed by atoms with Gasteiger partial charge in [-0.2, -0.15) is 0 Å². The molecule has 4 rings (SSSR count). The molecule has 0 aliphatic carbocycles. The molecule has 1 aliphatic rings. The maximum Gasteiger partial charge on any atom is 0.316 e. The number of piperidine rings is 1. The molecule has 1 saturated heterocycles. The Labute approximate surface area is 149 Å². The van der Waals surface area contributed by atoms with Crippen molar-refractivity contribution < 1.29 is 9.53 Å². The summed E-state index contributed by atoms with van der Waals surface area (Å²) >= 11 is 5.78. The smallest absolute Gasteiger partial charge is 0.316 e. The predicted molar refractivity (Wildman–Crippen MR) is 94.9 cm³/mol. The SMILES string of the molecule is O=C(c1ccc2cc[nH]c2c1)N1CCCC(Oc2ncc(Cl)cn2)C1. The minimum absolute atomic E-state index is 0.0156. The van der Waals surface area contributed by atoms with Gasteiger partial charge in [0.05, 0.1) is 24.0 Å². The van der Waals surface area contributed by atoms with Gasteiger partial charge in [0.1, 0.15) is 6.10 Å². The van der Waals surface area contributed by atoms with E-state index >= 15 is 0 Å². The van der Waals surface area contributed by atoms with Crippen LogP contribution in [0.4, 0.5) is 0 Å².